The van der Waals surface area contributed by atoms with Gasteiger partial charge < -0.3 is 14.8 Å². The Morgan fingerprint density at radius 2 is 1.65 bits per heavy atom. The molecule has 0 aromatic heterocycles. The van der Waals surface area contributed by atoms with Crippen LogP contribution < -0.4 is 14.8 Å². The van der Waals surface area contributed by atoms with Gasteiger partial charge in [-0.05, 0) is 54.4 Å². The number of para-hydroxylation sites is 2. The van der Waals surface area contributed by atoms with Crippen LogP contribution in [-0.2, 0) is 6.61 Å². The lowest BCUT2D eigenvalue weighted by Crippen LogP contribution is -2.12. The van der Waals surface area contributed by atoms with E-state index in [2.05, 4.69) is 5.32 Å². The minimum absolute atomic E-state index is 0.132. The lowest BCUT2D eigenvalue weighted by atomic mass is 10.1. The third-order valence-corrected chi connectivity index (χ3v) is 3.96. The first-order valence-electron chi connectivity index (χ1n) is 8.38. The van der Waals surface area contributed by atoms with Crippen molar-refractivity contribution in [3.8, 4) is 11.5 Å². The molecule has 4 heteroatoms. The van der Waals surface area contributed by atoms with Gasteiger partial charge in [-0.3, -0.25) is 4.79 Å². The highest BCUT2D eigenvalue weighted by atomic mass is 16.5. The second kappa shape index (κ2) is 8.21. The Balaban J connectivity index is 1.62. The van der Waals surface area contributed by atoms with Crippen molar-refractivity contribution in [1.29, 1.82) is 0 Å². The van der Waals surface area contributed by atoms with E-state index in [0.717, 1.165) is 16.8 Å². The average molecular weight is 347 g/mol. The van der Waals surface area contributed by atoms with Gasteiger partial charge in [0, 0.05) is 11.3 Å². The molecule has 0 atom stereocenters. The van der Waals surface area contributed by atoms with Crippen LogP contribution in [0.2, 0.25) is 0 Å². The fourth-order valence-corrected chi connectivity index (χ4v) is 2.58. The molecule has 3 aromatic rings. The van der Waals surface area contributed by atoms with Gasteiger partial charge in [-0.15, -0.1) is 0 Å². The first kappa shape index (κ1) is 17.5. The van der Waals surface area contributed by atoms with Crippen molar-refractivity contribution < 1.29 is 14.3 Å². The van der Waals surface area contributed by atoms with E-state index < -0.39 is 0 Å². The molecule has 3 rings (SSSR count). The zero-order valence-electron chi connectivity index (χ0n) is 14.9. The van der Waals surface area contributed by atoms with E-state index in [1.165, 1.54) is 0 Å². The Morgan fingerprint density at radius 1 is 0.923 bits per heavy atom. The highest BCUT2D eigenvalue weighted by Gasteiger charge is 2.07. The summed E-state index contributed by atoms with van der Waals surface area (Å²) in [6, 6.07) is 22.6. The van der Waals surface area contributed by atoms with E-state index >= 15 is 0 Å². The maximum absolute atomic E-state index is 12.3. The van der Waals surface area contributed by atoms with Crippen molar-refractivity contribution in [3.63, 3.8) is 0 Å². The number of carbonyl (C=O) groups excluding carboxylic acids is 1. The SMILES string of the molecule is COc1ccccc1OCc1ccc(C(=O)Nc2cccc(C)c2)cc1. The van der Waals surface area contributed by atoms with Crippen LogP contribution in [0.25, 0.3) is 0 Å². The average Bonchev–Trinajstić information content (AvgIpc) is 2.67. The minimum atomic E-state index is -0.132. The molecule has 0 saturated heterocycles. The fraction of sp³-hybridized carbons (Fsp3) is 0.136. The van der Waals surface area contributed by atoms with Crippen molar-refractivity contribution in [1.82, 2.24) is 0 Å². The Hall–Kier alpha value is -3.27. The Labute approximate surface area is 153 Å². The third-order valence-electron chi connectivity index (χ3n) is 3.96. The van der Waals surface area contributed by atoms with Crippen LogP contribution >= 0.6 is 0 Å². The van der Waals surface area contributed by atoms with E-state index in [0.29, 0.717) is 23.7 Å². The normalized spacial score (nSPS) is 10.2. The summed E-state index contributed by atoms with van der Waals surface area (Å²) in [6.45, 7) is 2.40. The summed E-state index contributed by atoms with van der Waals surface area (Å²) in [5.74, 6) is 1.26. The molecule has 0 aliphatic rings. The Morgan fingerprint density at radius 3 is 2.35 bits per heavy atom. The van der Waals surface area contributed by atoms with Crippen LogP contribution in [0.3, 0.4) is 0 Å². The highest BCUT2D eigenvalue weighted by Crippen LogP contribution is 2.26. The standard InChI is InChI=1S/C22H21NO3/c1-16-6-5-7-19(14-16)23-22(24)18-12-10-17(11-13-18)15-26-21-9-4-3-8-20(21)25-2/h3-14H,15H2,1-2H3,(H,23,24). The summed E-state index contributed by atoms with van der Waals surface area (Å²) in [7, 11) is 1.61. The summed E-state index contributed by atoms with van der Waals surface area (Å²) in [6.07, 6.45) is 0. The molecule has 1 N–H and O–H groups in total. The van der Waals surface area contributed by atoms with Crippen LogP contribution in [0.4, 0.5) is 5.69 Å². The third kappa shape index (κ3) is 4.42. The number of ether oxygens (including phenoxy) is 2. The zero-order valence-corrected chi connectivity index (χ0v) is 14.9. The Kier molecular flexibility index (Phi) is 5.54. The predicted molar refractivity (Wildman–Crippen MR) is 103 cm³/mol. The monoisotopic (exact) mass is 347 g/mol. The molecular formula is C22H21NO3. The van der Waals surface area contributed by atoms with Gasteiger partial charge in [0.15, 0.2) is 11.5 Å². The first-order chi connectivity index (χ1) is 12.7. The summed E-state index contributed by atoms with van der Waals surface area (Å²) < 4.78 is 11.1. The summed E-state index contributed by atoms with van der Waals surface area (Å²) >= 11 is 0. The molecule has 0 aliphatic heterocycles. The summed E-state index contributed by atoms with van der Waals surface area (Å²) in [5.41, 5.74) is 3.47. The van der Waals surface area contributed by atoms with E-state index in [-0.39, 0.29) is 5.91 Å². The second-order valence-electron chi connectivity index (χ2n) is 5.96. The number of hydrogen-bond acceptors (Lipinski definition) is 3. The maximum Gasteiger partial charge on any atom is 0.255 e. The van der Waals surface area contributed by atoms with Crippen molar-refractivity contribution >= 4 is 11.6 Å². The quantitative estimate of drug-likeness (QED) is 0.694. The number of nitrogens with one attached hydrogen (secondary N) is 1. The zero-order chi connectivity index (χ0) is 18.4. The predicted octanol–water partition coefficient (Wildman–Crippen LogP) is 4.83. The van der Waals surface area contributed by atoms with Crippen LogP contribution in [0.5, 0.6) is 11.5 Å². The fourth-order valence-electron chi connectivity index (χ4n) is 2.58. The number of amides is 1. The van der Waals surface area contributed by atoms with E-state index in [4.69, 9.17) is 9.47 Å². The molecule has 3 aromatic carbocycles. The van der Waals surface area contributed by atoms with Crippen LogP contribution in [0.15, 0.2) is 72.8 Å². The van der Waals surface area contributed by atoms with Crippen molar-refractivity contribution in [3.05, 3.63) is 89.5 Å². The molecular weight excluding hydrogens is 326 g/mol. The maximum atomic E-state index is 12.3. The molecule has 0 radical (unpaired) electrons. The molecule has 0 aliphatic carbocycles. The van der Waals surface area contributed by atoms with E-state index in [1.54, 1.807) is 19.2 Å². The number of anilines is 1. The number of benzene rings is 3. The van der Waals surface area contributed by atoms with Crippen molar-refractivity contribution in [2.75, 3.05) is 12.4 Å². The van der Waals surface area contributed by atoms with E-state index in [9.17, 15) is 4.79 Å². The first-order valence-corrected chi connectivity index (χ1v) is 8.38. The van der Waals surface area contributed by atoms with Gasteiger partial charge in [-0.2, -0.15) is 0 Å². The molecule has 0 spiro atoms. The lowest BCUT2D eigenvalue weighted by molar-refractivity contribution is 0.102. The number of aryl methyl sites for hydroxylation is 1. The van der Waals surface area contributed by atoms with E-state index in [1.807, 2.05) is 67.6 Å². The van der Waals surface area contributed by atoms with Crippen LogP contribution in [0.1, 0.15) is 21.5 Å². The summed E-state index contributed by atoms with van der Waals surface area (Å²) in [4.78, 5) is 12.3. The molecule has 0 saturated carbocycles. The van der Waals surface area contributed by atoms with Crippen LogP contribution in [0, 0.1) is 6.92 Å². The van der Waals surface area contributed by atoms with Gasteiger partial charge in [0.05, 0.1) is 7.11 Å². The van der Waals surface area contributed by atoms with Crippen molar-refractivity contribution in [2.24, 2.45) is 0 Å². The smallest absolute Gasteiger partial charge is 0.255 e. The molecule has 0 unspecified atom stereocenters. The van der Waals surface area contributed by atoms with Crippen molar-refractivity contribution in [2.45, 2.75) is 13.5 Å². The molecule has 0 bridgehead atoms. The number of carbonyl (C=O) groups is 1. The molecule has 0 fully saturated rings. The number of rotatable bonds is 6. The van der Waals surface area contributed by atoms with Gasteiger partial charge in [0.25, 0.3) is 5.91 Å². The topological polar surface area (TPSA) is 47.6 Å². The Bertz CT molecular complexity index is 888. The van der Waals surface area contributed by atoms with Gasteiger partial charge in [-0.1, -0.05) is 36.4 Å². The van der Waals surface area contributed by atoms with Gasteiger partial charge in [-0.25, -0.2) is 0 Å². The molecule has 26 heavy (non-hydrogen) atoms. The van der Waals surface area contributed by atoms with Crippen LogP contribution in [-0.4, -0.2) is 13.0 Å². The number of hydrogen-bond donors (Lipinski definition) is 1. The second-order valence-corrected chi connectivity index (χ2v) is 5.96. The highest BCUT2D eigenvalue weighted by molar-refractivity contribution is 6.04. The lowest BCUT2D eigenvalue weighted by Gasteiger charge is -2.11. The molecule has 0 heterocycles. The molecule has 132 valence electrons. The minimum Gasteiger partial charge on any atom is -0.493 e. The largest absolute Gasteiger partial charge is 0.493 e. The molecule has 4 nitrogen and oxygen atoms in total. The van der Waals surface area contributed by atoms with Gasteiger partial charge in [0.2, 0.25) is 0 Å². The van der Waals surface area contributed by atoms with Gasteiger partial charge in [0.1, 0.15) is 6.61 Å². The molecule has 1 amide bonds. The number of methoxy groups -OCH3 is 1. The summed E-state index contributed by atoms with van der Waals surface area (Å²) in [5, 5.41) is 2.90. The van der Waals surface area contributed by atoms with Gasteiger partial charge >= 0.3 is 0 Å².